The lowest BCUT2D eigenvalue weighted by Crippen LogP contribution is -2.50. The van der Waals surface area contributed by atoms with E-state index in [1.165, 1.54) is 5.56 Å². The van der Waals surface area contributed by atoms with Gasteiger partial charge < -0.3 is 5.32 Å². The first-order valence-corrected chi connectivity index (χ1v) is 9.12. The first-order chi connectivity index (χ1) is 10.8. The molecule has 0 bridgehead atoms. The van der Waals surface area contributed by atoms with Crippen molar-refractivity contribution in [2.45, 2.75) is 37.8 Å². The fourth-order valence-electron chi connectivity index (χ4n) is 2.29. The summed E-state index contributed by atoms with van der Waals surface area (Å²) in [6.45, 7) is 6.91. The van der Waals surface area contributed by atoms with Crippen LogP contribution in [0.5, 0.6) is 0 Å². The summed E-state index contributed by atoms with van der Waals surface area (Å²) in [6, 6.07) is 16.9. The number of rotatable bonds is 7. The van der Waals surface area contributed by atoms with Gasteiger partial charge in [0.2, 0.25) is 10.0 Å². The molecule has 0 aliphatic rings. The van der Waals surface area contributed by atoms with E-state index in [4.69, 9.17) is 0 Å². The van der Waals surface area contributed by atoms with Gasteiger partial charge in [-0.15, -0.1) is 0 Å². The molecule has 2 aromatic rings. The van der Waals surface area contributed by atoms with Crippen LogP contribution in [0.4, 0.5) is 0 Å². The fraction of sp³-hybridized carbons (Fsp3) is 0.333. The zero-order valence-electron chi connectivity index (χ0n) is 13.8. The topological polar surface area (TPSA) is 58.2 Å². The highest BCUT2D eigenvalue weighted by Crippen LogP contribution is 2.13. The average Bonchev–Trinajstić information content (AvgIpc) is 2.47. The van der Waals surface area contributed by atoms with Crippen LogP contribution in [0.15, 0.2) is 59.5 Å². The van der Waals surface area contributed by atoms with Gasteiger partial charge in [-0.2, -0.15) is 0 Å². The third-order valence-electron chi connectivity index (χ3n) is 3.48. The Bertz CT molecular complexity index is 723. The number of hydrogen-bond donors (Lipinski definition) is 2. The van der Waals surface area contributed by atoms with E-state index >= 15 is 0 Å². The predicted molar refractivity (Wildman–Crippen MR) is 93.7 cm³/mol. The third kappa shape index (κ3) is 5.46. The molecule has 0 unspecified atom stereocenters. The van der Waals surface area contributed by atoms with Crippen molar-refractivity contribution in [2.24, 2.45) is 0 Å². The normalized spacial score (nSPS) is 12.3. The van der Waals surface area contributed by atoms with Gasteiger partial charge in [-0.05, 0) is 38.5 Å². The van der Waals surface area contributed by atoms with Crippen LogP contribution in [0.2, 0.25) is 0 Å². The monoisotopic (exact) mass is 332 g/mol. The Labute approximate surface area is 139 Å². The Kier molecular flexibility index (Phi) is 5.57. The molecule has 0 aliphatic heterocycles. The summed E-state index contributed by atoms with van der Waals surface area (Å²) in [5.41, 5.74) is 1.62. The molecule has 5 heteroatoms. The maximum atomic E-state index is 12.5. The number of nitrogens with one attached hydrogen (secondary N) is 2. The summed E-state index contributed by atoms with van der Waals surface area (Å²) in [5, 5.41) is 3.30. The molecule has 0 spiro atoms. The second kappa shape index (κ2) is 7.25. The van der Waals surface area contributed by atoms with Crippen LogP contribution in [0.3, 0.4) is 0 Å². The van der Waals surface area contributed by atoms with Crippen LogP contribution in [-0.4, -0.2) is 20.5 Å². The van der Waals surface area contributed by atoms with Gasteiger partial charge in [0, 0.05) is 18.6 Å². The molecular formula is C18H24N2O2S. The van der Waals surface area contributed by atoms with Crippen LogP contribution in [0, 0.1) is 6.92 Å². The van der Waals surface area contributed by atoms with Crippen molar-refractivity contribution in [2.75, 3.05) is 6.54 Å². The van der Waals surface area contributed by atoms with Crippen molar-refractivity contribution in [3.8, 4) is 0 Å². The molecule has 0 amide bonds. The molecule has 0 fully saturated rings. The van der Waals surface area contributed by atoms with Gasteiger partial charge in [0.1, 0.15) is 0 Å². The molecule has 0 radical (unpaired) electrons. The van der Waals surface area contributed by atoms with Crippen molar-refractivity contribution in [3.63, 3.8) is 0 Å². The van der Waals surface area contributed by atoms with Gasteiger partial charge in [0.25, 0.3) is 0 Å². The lowest BCUT2D eigenvalue weighted by molar-refractivity contribution is 0.419. The highest BCUT2D eigenvalue weighted by Gasteiger charge is 2.25. The molecule has 124 valence electrons. The molecule has 0 aliphatic carbocycles. The summed E-state index contributed by atoms with van der Waals surface area (Å²) in [4.78, 5) is 0.291. The van der Waals surface area contributed by atoms with Crippen LogP contribution >= 0.6 is 0 Å². The number of sulfonamides is 1. The maximum Gasteiger partial charge on any atom is 0.241 e. The van der Waals surface area contributed by atoms with Gasteiger partial charge in [0.15, 0.2) is 0 Å². The Morgan fingerprint density at radius 2 is 1.57 bits per heavy atom. The largest absolute Gasteiger partial charge is 0.311 e. The quantitative estimate of drug-likeness (QED) is 0.820. The predicted octanol–water partition coefficient (Wildman–Crippen LogP) is 2.84. The average molecular weight is 332 g/mol. The van der Waals surface area contributed by atoms with E-state index in [-0.39, 0.29) is 0 Å². The molecule has 23 heavy (non-hydrogen) atoms. The maximum absolute atomic E-state index is 12.5. The van der Waals surface area contributed by atoms with Gasteiger partial charge in [-0.3, -0.25) is 0 Å². The number of hydrogen-bond acceptors (Lipinski definition) is 3. The second-order valence-corrected chi connectivity index (χ2v) is 8.07. The molecule has 0 saturated carbocycles. The zero-order chi connectivity index (χ0) is 16.9. The summed E-state index contributed by atoms with van der Waals surface area (Å²) in [7, 11) is -3.52. The van der Waals surface area contributed by atoms with Crippen molar-refractivity contribution < 1.29 is 8.42 Å². The minimum atomic E-state index is -3.52. The Hall–Kier alpha value is -1.69. The summed E-state index contributed by atoms with van der Waals surface area (Å²) < 4.78 is 27.7. The Morgan fingerprint density at radius 3 is 2.17 bits per heavy atom. The second-order valence-electron chi connectivity index (χ2n) is 6.39. The van der Waals surface area contributed by atoms with E-state index < -0.39 is 15.6 Å². The van der Waals surface area contributed by atoms with Crippen LogP contribution in [-0.2, 0) is 16.6 Å². The molecule has 0 aromatic heterocycles. The summed E-state index contributed by atoms with van der Waals surface area (Å²) in [5.74, 6) is 0. The van der Waals surface area contributed by atoms with E-state index in [1.54, 1.807) is 24.3 Å². The first-order valence-electron chi connectivity index (χ1n) is 7.64. The molecule has 0 saturated heterocycles. The van der Waals surface area contributed by atoms with Crippen molar-refractivity contribution in [3.05, 3.63) is 65.7 Å². The third-order valence-corrected chi connectivity index (χ3v) is 5.19. The van der Waals surface area contributed by atoms with Gasteiger partial charge in [0.05, 0.1) is 4.90 Å². The Morgan fingerprint density at radius 1 is 0.957 bits per heavy atom. The molecule has 0 heterocycles. The smallest absolute Gasteiger partial charge is 0.241 e. The summed E-state index contributed by atoms with van der Waals surface area (Å²) in [6.07, 6.45) is 0. The van der Waals surface area contributed by atoms with E-state index in [0.29, 0.717) is 18.0 Å². The van der Waals surface area contributed by atoms with E-state index in [0.717, 1.165) is 5.56 Å². The van der Waals surface area contributed by atoms with Crippen LogP contribution < -0.4 is 10.0 Å². The first kappa shape index (κ1) is 17.7. The fourth-order valence-corrected chi connectivity index (χ4v) is 3.70. The highest BCUT2D eigenvalue weighted by molar-refractivity contribution is 7.89. The van der Waals surface area contributed by atoms with Gasteiger partial charge in [-0.25, -0.2) is 13.1 Å². The molecule has 2 aromatic carbocycles. The van der Waals surface area contributed by atoms with Crippen molar-refractivity contribution in [1.82, 2.24) is 10.0 Å². The lowest BCUT2D eigenvalue weighted by Gasteiger charge is -2.26. The van der Waals surface area contributed by atoms with E-state index in [2.05, 4.69) is 10.0 Å². The van der Waals surface area contributed by atoms with Gasteiger partial charge in [-0.1, -0.05) is 48.0 Å². The summed E-state index contributed by atoms with van der Waals surface area (Å²) >= 11 is 0. The molecule has 4 nitrogen and oxygen atoms in total. The highest BCUT2D eigenvalue weighted by atomic mass is 32.2. The van der Waals surface area contributed by atoms with Crippen LogP contribution in [0.25, 0.3) is 0 Å². The minimum absolute atomic E-state index is 0.291. The van der Waals surface area contributed by atoms with Gasteiger partial charge >= 0.3 is 0 Å². The van der Waals surface area contributed by atoms with Crippen LogP contribution in [0.1, 0.15) is 25.0 Å². The SMILES string of the molecule is Cc1ccc(S(=O)(=O)NC(C)(C)CNCc2ccccc2)cc1. The lowest BCUT2D eigenvalue weighted by atomic mass is 10.1. The van der Waals surface area contributed by atoms with Crippen molar-refractivity contribution in [1.29, 1.82) is 0 Å². The van der Waals surface area contributed by atoms with E-state index in [9.17, 15) is 8.42 Å². The Balaban J connectivity index is 1.95. The minimum Gasteiger partial charge on any atom is -0.311 e. The molecule has 2 N–H and O–H groups in total. The molecule has 2 rings (SSSR count). The standard InChI is InChI=1S/C18H24N2O2S/c1-15-9-11-17(12-10-15)23(21,22)20-18(2,3)14-19-13-16-7-5-4-6-8-16/h4-12,19-20H,13-14H2,1-3H3. The number of benzene rings is 2. The molecular weight excluding hydrogens is 308 g/mol. The number of aryl methyl sites for hydroxylation is 1. The molecule has 0 atom stereocenters. The van der Waals surface area contributed by atoms with E-state index in [1.807, 2.05) is 51.1 Å². The zero-order valence-corrected chi connectivity index (χ0v) is 14.7. The van der Waals surface area contributed by atoms with Crippen molar-refractivity contribution >= 4 is 10.0 Å².